The minimum atomic E-state index is -1.29. The molecule has 13 heteroatoms. The molecule has 1 saturated carbocycles. The van der Waals surface area contributed by atoms with E-state index in [4.69, 9.17) is 10.8 Å². The quantitative estimate of drug-likeness (QED) is 0.256. The van der Waals surface area contributed by atoms with Crippen LogP contribution in [0.15, 0.2) is 30.5 Å². The van der Waals surface area contributed by atoms with Gasteiger partial charge >= 0.3 is 11.9 Å². The molecule has 0 aliphatic heterocycles. The SMILES string of the molecule is CN(Cc1cnc2nc(N)nc(NC3CC3)c2n1)c1ccc(C(=O)N[C@@H](CCC(=O)O)C(=O)O)cc1. The van der Waals surface area contributed by atoms with Crippen LogP contribution >= 0.6 is 0 Å². The molecule has 2 heterocycles. The molecule has 6 N–H and O–H groups in total. The van der Waals surface area contributed by atoms with Crippen LogP contribution in [0.4, 0.5) is 17.5 Å². The molecule has 0 bridgehead atoms. The zero-order valence-electron chi connectivity index (χ0n) is 19.5. The predicted octanol–water partition coefficient (Wildman–Crippen LogP) is 1.26. The third-order valence-corrected chi connectivity index (χ3v) is 5.61. The van der Waals surface area contributed by atoms with E-state index in [1.54, 1.807) is 30.5 Å². The van der Waals surface area contributed by atoms with Crippen molar-refractivity contribution < 1.29 is 24.6 Å². The van der Waals surface area contributed by atoms with Crippen molar-refractivity contribution in [2.75, 3.05) is 23.0 Å². The van der Waals surface area contributed by atoms with Crippen LogP contribution in [-0.2, 0) is 16.1 Å². The Hall–Kier alpha value is -4.55. The number of carbonyl (C=O) groups excluding carboxylic acids is 1. The minimum Gasteiger partial charge on any atom is -0.481 e. The number of carboxylic acid groups (broad SMARTS) is 2. The molecular formula is C23H26N8O5. The van der Waals surface area contributed by atoms with E-state index in [-0.39, 0.29) is 24.4 Å². The van der Waals surface area contributed by atoms with E-state index in [1.165, 1.54) is 0 Å². The number of nitrogen functional groups attached to an aromatic ring is 1. The number of nitrogens with two attached hydrogens (primary N) is 1. The van der Waals surface area contributed by atoms with Crippen LogP contribution < -0.4 is 21.3 Å². The summed E-state index contributed by atoms with van der Waals surface area (Å²) in [7, 11) is 1.86. The Balaban J connectivity index is 1.43. The van der Waals surface area contributed by atoms with Crippen molar-refractivity contribution in [1.82, 2.24) is 25.3 Å². The Morgan fingerprint density at radius 3 is 2.50 bits per heavy atom. The molecule has 188 valence electrons. The highest BCUT2D eigenvalue weighted by atomic mass is 16.4. The van der Waals surface area contributed by atoms with E-state index in [1.807, 2.05) is 11.9 Å². The lowest BCUT2D eigenvalue weighted by Gasteiger charge is -2.19. The molecule has 4 rings (SSSR count). The maximum absolute atomic E-state index is 12.5. The van der Waals surface area contributed by atoms with Crippen molar-refractivity contribution in [3.8, 4) is 0 Å². The largest absolute Gasteiger partial charge is 0.481 e. The topological polar surface area (TPSA) is 197 Å². The van der Waals surface area contributed by atoms with Crippen molar-refractivity contribution in [1.29, 1.82) is 0 Å². The number of anilines is 3. The smallest absolute Gasteiger partial charge is 0.326 e. The van der Waals surface area contributed by atoms with E-state index in [0.29, 0.717) is 35.3 Å². The number of carboxylic acids is 2. The highest BCUT2D eigenvalue weighted by Gasteiger charge is 2.24. The zero-order chi connectivity index (χ0) is 25.8. The summed E-state index contributed by atoms with van der Waals surface area (Å²) in [6, 6.07) is 5.64. The first-order chi connectivity index (χ1) is 17.2. The maximum Gasteiger partial charge on any atom is 0.326 e. The molecule has 0 spiro atoms. The fourth-order valence-electron chi connectivity index (χ4n) is 3.53. The van der Waals surface area contributed by atoms with Gasteiger partial charge in [-0.05, 0) is 43.5 Å². The van der Waals surface area contributed by atoms with E-state index in [0.717, 1.165) is 18.5 Å². The molecule has 0 unspecified atom stereocenters. The van der Waals surface area contributed by atoms with Gasteiger partial charge in [0.15, 0.2) is 17.0 Å². The number of amides is 1. The molecule has 0 radical (unpaired) electrons. The summed E-state index contributed by atoms with van der Waals surface area (Å²) in [5.41, 5.74) is 8.48. The van der Waals surface area contributed by atoms with Gasteiger partial charge in [-0.15, -0.1) is 0 Å². The molecule has 2 aromatic heterocycles. The van der Waals surface area contributed by atoms with Crippen LogP contribution in [0.5, 0.6) is 0 Å². The first kappa shape index (κ1) is 24.6. The van der Waals surface area contributed by atoms with Gasteiger partial charge < -0.3 is 31.5 Å². The van der Waals surface area contributed by atoms with Crippen molar-refractivity contribution >= 4 is 46.5 Å². The van der Waals surface area contributed by atoms with Crippen molar-refractivity contribution in [3.05, 3.63) is 41.7 Å². The number of hydrogen-bond acceptors (Lipinski definition) is 10. The maximum atomic E-state index is 12.5. The van der Waals surface area contributed by atoms with Gasteiger partial charge in [0.25, 0.3) is 5.91 Å². The molecule has 36 heavy (non-hydrogen) atoms. The van der Waals surface area contributed by atoms with Gasteiger partial charge in [-0.1, -0.05) is 0 Å². The van der Waals surface area contributed by atoms with Crippen LogP contribution in [0, 0.1) is 0 Å². The number of nitrogens with zero attached hydrogens (tertiary/aromatic N) is 5. The Labute approximate surface area is 205 Å². The first-order valence-electron chi connectivity index (χ1n) is 11.3. The molecule has 1 aromatic carbocycles. The lowest BCUT2D eigenvalue weighted by atomic mass is 10.1. The summed E-state index contributed by atoms with van der Waals surface area (Å²) in [5, 5.41) is 23.7. The zero-order valence-corrected chi connectivity index (χ0v) is 19.5. The van der Waals surface area contributed by atoms with Gasteiger partial charge in [0.2, 0.25) is 5.95 Å². The number of aromatic nitrogens is 4. The summed E-state index contributed by atoms with van der Waals surface area (Å²) in [4.78, 5) is 53.9. The Morgan fingerprint density at radius 2 is 1.86 bits per heavy atom. The number of hydrogen-bond donors (Lipinski definition) is 5. The molecule has 1 fully saturated rings. The Kier molecular flexibility index (Phi) is 7.08. The second kappa shape index (κ2) is 10.4. The molecular weight excluding hydrogens is 468 g/mol. The summed E-state index contributed by atoms with van der Waals surface area (Å²) in [6.07, 6.45) is 3.18. The van der Waals surface area contributed by atoms with Crippen LogP contribution in [0.1, 0.15) is 41.7 Å². The first-order valence-corrected chi connectivity index (χ1v) is 11.3. The lowest BCUT2D eigenvalue weighted by Crippen LogP contribution is -2.41. The average Bonchev–Trinajstić information content (AvgIpc) is 3.65. The van der Waals surface area contributed by atoms with Gasteiger partial charge in [0.05, 0.1) is 18.4 Å². The summed E-state index contributed by atoms with van der Waals surface area (Å²) >= 11 is 0. The van der Waals surface area contributed by atoms with E-state index in [9.17, 15) is 19.5 Å². The van der Waals surface area contributed by atoms with Crippen molar-refractivity contribution in [2.45, 2.75) is 44.3 Å². The number of benzene rings is 1. The lowest BCUT2D eigenvalue weighted by molar-refractivity contribution is -0.140. The average molecular weight is 495 g/mol. The minimum absolute atomic E-state index is 0.130. The van der Waals surface area contributed by atoms with Crippen LogP contribution in [0.25, 0.3) is 11.2 Å². The van der Waals surface area contributed by atoms with Gasteiger partial charge in [-0.3, -0.25) is 9.59 Å². The summed E-state index contributed by atoms with van der Waals surface area (Å²) in [6.45, 7) is 0.415. The number of rotatable bonds is 11. The third-order valence-electron chi connectivity index (χ3n) is 5.61. The van der Waals surface area contributed by atoms with Gasteiger partial charge in [-0.25, -0.2) is 14.8 Å². The summed E-state index contributed by atoms with van der Waals surface area (Å²) < 4.78 is 0. The highest BCUT2D eigenvalue weighted by molar-refractivity contribution is 5.97. The third kappa shape index (κ3) is 6.11. The van der Waals surface area contributed by atoms with Crippen molar-refractivity contribution in [3.63, 3.8) is 0 Å². The van der Waals surface area contributed by atoms with Gasteiger partial charge in [0, 0.05) is 30.8 Å². The Morgan fingerprint density at radius 1 is 1.14 bits per heavy atom. The normalized spacial score (nSPS) is 13.7. The van der Waals surface area contributed by atoms with Crippen LogP contribution in [-0.4, -0.2) is 67.1 Å². The van der Waals surface area contributed by atoms with E-state index in [2.05, 4.69) is 30.6 Å². The van der Waals surface area contributed by atoms with Crippen molar-refractivity contribution in [2.24, 2.45) is 0 Å². The standard InChI is InChI=1S/C23H26N8O5/c1-31(11-14-10-25-19-18(26-14)20(27-13-4-5-13)30-23(24)29-19)15-6-2-12(3-7-15)21(34)28-16(22(35)36)8-9-17(32)33/h2-3,6-7,10,13,16H,4-5,8-9,11H2,1H3,(H,28,34)(H,32,33)(H,35,36)(H3,24,25,27,29,30)/t16-/m0/s1. The van der Waals surface area contributed by atoms with E-state index < -0.39 is 23.9 Å². The molecule has 1 amide bonds. The second-order valence-electron chi connectivity index (χ2n) is 8.58. The molecule has 0 saturated heterocycles. The number of aliphatic carboxylic acids is 2. The highest BCUT2D eigenvalue weighted by Crippen LogP contribution is 2.27. The molecule has 1 aliphatic carbocycles. The summed E-state index contributed by atoms with van der Waals surface area (Å²) in [5.74, 6) is -2.33. The molecule has 1 atom stereocenters. The fourth-order valence-corrected chi connectivity index (χ4v) is 3.53. The van der Waals surface area contributed by atoms with Crippen LogP contribution in [0.2, 0.25) is 0 Å². The van der Waals surface area contributed by atoms with Gasteiger partial charge in [-0.2, -0.15) is 9.97 Å². The molecule has 1 aliphatic rings. The number of nitrogens with one attached hydrogen (secondary N) is 2. The van der Waals surface area contributed by atoms with Crippen LogP contribution in [0.3, 0.4) is 0 Å². The fraction of sp³-hybridized carbons (Fsp3) is 0.348. The van der Waals surface area contributed by atoms with E-state index >= 15 is 0 Å². The Bertz CT molecular complexity index is 1300. The number of fused-ring (bicyclic) bond motifs is 1. The van der Waals surface area contributed by atoms with Gasteiger partial charge in [0.1, 0.15) is 6.04 Å². The number of carbonyl (C=O) groups is 3. The monoisotopic (exact) mass is 494 g/mol. The predicted molar refractivity (Wildman–Crippen MR) is 130 cm³/mol. The molecule has 13 nitrogen and oxygen atoms in total. The second-order valence-corrected chi connectivity index (χ2v) is 8.58. The molecule has 3 aromatic rings.